The highest BCUT2D eigenvalue weighted by atomic mass is 35.5. The van der Waals surface area contributed by atoms with Crippen LogP contribution in [0.1, 0.15) is 67.4 Å². The largest absolute Gasteiger partial charge is 0.416 e. The zero-order chi connectivity index (χ0) is 28.0. The summed E-state index contributed by atoms with van der Waals surface area (Å²) in [6.07, 6.45) is -10.1. The molecule has 0 aromatic heterocycles. The van der Waals surface area contributed by atoms with Crippen molar-refractivity contribution in [3.63, 3.8) is 0 Å². The number of halogens is 8. The Labute approximate surface area is 228 Å². The summed E-state index contributed by atoms with van der Waals surface area (Å²) in [7, 11) is 1.69. The molecule has 2 aromatic rings. The molecule has 1 heterocycles. The molecule has 0 radical (unpaired) electrons. The number of benzene rings is 2. The van der Waals surface area contributed by atoms with Crippen molar-refractivity contribution in [2.75, 3.05) is 7.05 Å². The zero-order valence-electron chi connectivity index (χ0n) is 21.4. The van der Waals surface area contributed by atoms with Crippen LogP contribution in [0.4, 0.5) is 30.7 Å². The van der Waals surface area contributed by atoms with Crippen LogP contribution >= 0.6 is 12.4 Å². The van der Waals surface area contributed by atoms with Gasteiger partial charge in [0.25, 0.3) is 0 Å². The fourth-order valence-electron chi connectivity index (χ4n) is 5.68. The average Bonchev–Trinajstić information content (AvgIpc) is 3.39. The summed E-state index contributed by atoms with van der Waals surface area (Å²) in [5, 5.41) is 6.05. The molecule has 1 amide bonds. The Hall–Kier alpha value is -2.37. The minimum absolute atomic E-state index is 0. The molecule has 2 fully saturated rings. The summed E-state index contributed by atoms with van der Waals surface area (Å²) in [5.74, 6) is -1.11. The number of ether oxygens (including phenoxy) is 1. The molecule has 1 aliphatic heterocycles. The number of nitrogens with one attached hydrogen (secondary N) is 2. The van der Waals surface area contributed by atoms with Gasteiger partial charge in [0.1, 0.15) is 5.82 Å². The molecule has 0 unspecified atom stereocenters. The van der Waals surface area contributed by atoms with Crippen molar-refractivity contribution in [1.82, 2.24) is 10.6 Å². The number of carbonyl (C=O) groups excluding carboxylic acids is 1. The number of hydrogen-bond acceptors (Lipinski definition) is 3. The van der Waals surface area contributed by atoms with E-state index in [1.54, 1.807) is 26.1 Å². The molecular weight excluding hydrogens is 553 g/mol. The molecular formula is C27H30ClF7N2O2. The van der Waals surface area contributed by atoms with Gasteiger partial charge in [0, 0.05) is 12.0 Å². The third kappa shape index (κ3) is 6.52. The van der Waals surface area contributed by atoms with E-state index in [1.807, 2.05) is 0 Å². The van der Waals surface area contributed by atoms with Crippen molar-refractivity contribution in [3.05, 3.63) is 70.5 Å². The molecule has 6 atom stereocenters. The van der Waals surface area contributed by atoms with Crippen molar-refractivity contribution in [1.29, 1.82) is 0 Å². The summed E-state index contributed by atoms with van der Waals surface area (Å²) < 4.78 is 100. The first-order valence-corrected chi connectivity index (χ1v) is 12.3. The molecule has 2 N–H and O–H groups in total. The van der Waals surface area contributed by atoms with Crippen LogP contribution in [0.3, 0.4) is 0 Å². The van der Waals surface area contributed by atoms with Gasteiger partial charge in [-0.15, -0.1) is 12.4 Å². The van der Waals surface area contributed by atoms with E-state index < -0.39 is 47.0 Å². The van der Waals surface area contributed by atoms with Crippen LogP contribution in [0.25, 0.3) is 0 Å². The third-order valence-corrected chi connectivity index (χ3v) is 7.87. The van der Waals surface area contributed by atoms with Crippen LogP contribution in [0.5, 0.6) is 0 Å². The number of amides is 1. The topological polar surface area (TPSA) is 50.4 Å². The summed E-state index contributed by atoms with van der Waals surface area (Å²) in [4.78, 5) is 12.6. The number of likely N-dealkylation sites (N-methyl/N-ethyl adjacent to an activating group) is 1. The monoisotopic (exact) mass is 582 g/mol. The van der Waals surface area contributed by atoms with E-state index in [4.69, 9.17) is 4.74 Å². The predicted octanol–water partition coefficient (Wildman–Crippen LogP) is 6.79. The first kappa shape index (κ1) is 31.2. The van der Waals surface area contributed by atoms with Gasteiger partial charge in [-0.3, -0.25) is 4.79 Å². The van der Waals surface area contributed by atoms with Gasteiger partial charge in [0.2, 0.25) is 5.91 Å². The summed E-state index contributed by atoms with van der Waals surface area (Å²) in [6.45, 7) is 3.20. The minimum atomic E-state index is -4.97. The van der Waals surface area contributed by atoms with Gasteiger partial charge < -0.3 is 15.4 Å². The SMILES string of the molecule is CN[C@]1(C)C[C@H]([C@@H]2CC[C@H](O[C@H](C)c3cc(C(F)(F)F)cc(C(F)(F)F)c3)[C@H]2c2ccc(F)cc2)NC1=O.Cl. The fraction of sp³-hybridized carbons (Fsp3) is 0.519. The predicted molar refractivity (Wildman–Crippen MR) is 133 cm³/mol. The first-order valence-electron chi connectivity index (χ1n) is 12.3. The van der Waals surface area contributed by atoms with Gasteiger partial charge in [0.05, 0.1) is 28.9 Å². The van der Waals surface area contributed by atoms with E-state index in [0.29, 0.717) is 31.4 Å². The van der Waals surface area contributed by atoms with Crippen molar-refractivity contribution in [2.45, 2.75) is 75.2 Å². The van der Waals surface area contributed by atoms with E-state index in [1.165, 1.54) is 19.1 Å². The van der Waals surface area contributed by atoms with Gasteiger partial charge in [-0.2, -0.15) is 26.3 Å². The highest BCUT2D eigenvalue weighted by Gasteiger charge is 2.50. The highest BCUT2D eigenvalue weighted by molar-refractivity contribution is 5.88. The van der Waals surface area contributed by atoms with Gasteiger partial charge in [-0.1, -0.05) is 12.1 Å². The number of alkyl halides is 6. The lowest BCUT2D eigenvalue weighted by Gasteiger charge is -2.31. The van der Waals surface area contributed by atoms with Crippen molar-refractivity contribution < 1.29 is 40.3 Å². The van der Waals surface area contributed by atoms with Crippen LogP contribution < -0.4 is 10.6 Å². The van der Waals surface area contributed by atoms with Gasteiger partial charge in [0.15, 0.2) is 0 Å². The Balaban J connectivity index is 0.00000420. The molecule has 0 spiro atoms. The lowest BCUT2D eigenvalue weighted by Crippen LogP contribution is -2.46. The molecule has 1 aliphatic carbocycles. The summed E-state index contributed by atoms with van der Waals surface area (Å²) in [5.41, 5.74) is -3.12. The van der Waals surface area contributed by atoms with E-state index in [-0.39, 0.29) is 47.8 Å². The molecule has 4 rings (SSSR count). The van der Waals surface area contributed by atoms with Gasteiger partial charge in [-0.05, 0) is 87.5 Å². The van der Waals surface area contributed by atoms with Crippen LogP contribution in [-0.4, -0.2) is 30.6 Å². The quantitative estimate of drug-likeness (QED) is 0.369. The number of hydrogen-bond donors (Lipinski definition) is 2. The molecule has 1 saturated heterocycles. The second-order valence-electron chi connectivity index (χ2n) is 10.3. The maximum Gasteiger partial charge on any atom is 0.416 e. The summed E-state index contributed by atoms with van der Waals surface area (Å²) in [6, 6.07) is 6.97. The highest BCUT2D eigenvalue weighted by Crippen LogP contribution is 2.48. The van der Waals surface area contributed by atoms with Gasteiger partial charge in [-0.25, -0.2) is 4.39 Å². The molecule has 2 aromatic carbocycles. The number of carbonyl (C=O) groups is 1. The molecule has 4 nitrogen and oxygen atoms in total. The second kappa shape index (κ2) is 11.2. The van der Waals surface area contributed by atoms with E-state index >= 15 is 0 Å². The van der Waals surface area contributed by atoms with Crippen LogP contribution in [0.15, 0.2) is 42.5 Å². The molecule has 0 bridgehead atoms. The third-order valence-electron chi connectivity index (χ3n) is 7.87. The van der Waals surface area contributed by atoms with E-state index in [2.05, 4.69) is 10.6 Å². The Kier molecular flexibility index (Phi) is 8.99. The zero-order valence-corrected chi connectivity index (χ0v) is 22.2. The first-order chi connectivity index (χ1) is 17.6. The van der Waals surface area contributed by atoms with Crippen molar-refractivity contribution >= 4 is 18.3 Å². The van der Waals surface area contributed by atoms with Crippen LogP contribution in [0, 0.1) is 11.7 Å². The Bertz CT molecular complexity index is 1140. The minimum Gasteiger partial charge on any atom is -0.370 e. The molecule has 12 heteroatoms. The molecule has 1 saturated carbocycles. The van der Waals surface area contributed by atoms with Crippen molar-refractivity contribution in [3.8, 4) is 0 Å². The van der Waals surface area contributed by atoms with Crippen molar-refractivity contribution in [2.24, 2.45) is 5.92 Å². The standard InChI is InChI=1S/C27H29F7N2O2.ClH/c1-14(16-10-17(26(29,30)31)12-18(11-16)27(32,33)34)38-22-9-8-20(21-13-25(2,35-3)24(37)36-21)23(22)15-4-6-19(28)7-5-15;/h4-7,10-12,14,20-23,35H,8-9,13H2,1-3H3,(H,36,37);1H/t14-,20+,21-,22+,23+,25-;/m1./s1. The lowest BCUT2D eigenvalue weighted by molar-refractivity contribution is -0.143. The maximum absolute atomic E-state index is 13.7. The normalized spacial score (nSPS) is 28.2. The van der Waals surface area contributed by atoms with Crippen LogP contribution in [0.2, 0.25) is 0 Å². The lowest BCUT2D eigenvalue weighted by atomic mass is 9.80. The van der Waals surface area contributed by atoms with E-state index in [9.17, 15) is 35.5 Å². The van der Waals surface area contributed by atoms with Crippen LogP contribution in [-0.2, 0) is 21.9 Å². The van der Waals surface area contributed by atoms with E-state index in [0.717, 1.165) is 5.56 Å². The molecule has 216 valence electrons. The molecule has 2 aliphatic rings. The maximum atomic E-state index is 13.7. The number of rotatable bonds is 6. The Morgan fingerprint density at radius 2 is 1.56 bits per heavy atom. The Morgan fingerprint density at radius 1 is 1.00 bits per heavy atom. The Morgan fingerprint density at radius 3 is 2.05 bits per heavy atom. The molecule has 39 heavy (non-hydrogen) atoms. The second-order valence-corrected chi connectivity index (χ2v) is 10.3. The fourth-order valence-corrected chi connectivity index (χ4v) is 5.68. The summed E-state index contributed by atoms with van der Waals surface area (Å²) >= 11 is 0. The van der Waals surface area contributed by atoms with Gasteiger partial charge >= 0.3 is 12.4 Å². The smallest absolute Gasteiger partial charge is 0.370 e. The average molecular weight is 583 g/mol.